The van der Waals surface area contributed by atoms with Crippen LogP contribution in [0.5, 0.6) is 11.5 Å². The van der Waals surface area contributed by atoms with Crippen molar-refractivity contribution in [2.24, 2.45) is 0 Å². The van der Waals surface area contributed by atoms with Crippen LogP contribution in [-0.4, -0.2) is 13.2 Å². The van der Waals surface area contributed by atoms with Crippen LogP contribution in [-0.2, 0) is 0 Å². The first-order chi connectivity index (χ1) is 6.74. The third-order valence-corrected chi connectivity index (χ3v) is 2.96. The van der Waals surface area contributed by atoms with Crippen molar-refractivity contribution in [3.63, 3.8) is 0 Å². The molecule has 0 aromatic heterocycles. The van der Waals surface area contributed by atoms with Crippen molar-refractivity contribution < 1.29 is 9.47 Å². The lowest BCUT2D eigenvalue weighted by atomic mass is 10.1. The summed E-state index contributed by atoms with van der Waals surface area (Å²) in [5, 5.41) is 8.99. The average Bonchev–Trinajstić information content (AvgIpc) is 2.20. The van der Waals surface area contributed by atoms with E-state index in [2.05, 4.69) is 22.0 Å². The second-order valence-electron chi connectivity index (χ2n) is 2.99. The van der Waals surface area contributed by atoms with Crippen LogP contribution in [0.2, 0.25) is 0 Å². The first kappa shape index (κ1) is 9.35. The predicted molar refractivity (Wildman–Crippen MR) is 54.6 cm³/mol. The number of fused-ring (bicyclic) bond motifs is 1. The zero-order valence-corrected chi connectivity index (χ0v) is 9.22. The lowest BCUT2D eigenvalue weighted by Gasteiger charge is -2.20. The maximum Gasteiger partial charge on any atom is 0.179 e. The first-order valence-electron chi connectivity index (χ1n) is 4.23. The van der Waals surface area contributed by atoms with Crippen molar-refractivity contribution in [1.29, 1.82) is 5.26 Å². The van der Waals surface area contributed by atoms with E-state index in [1.807, 2.05) is 13.0 Å². The number of nitrogens with zero attached hydrogens (tertiary/aromatic N) is 1. The molecule has 0 amide bonds. The minimum Gasteiger partial charge on any atom is -0.486 e. The van der Waals surface area contributed by atoms with Crippen LogP contribution in [0, 0.1) is 18.3 Å². The largest absolute Gasteiger partial charge is 0.486 e. The van der Waals surface area contributed by atoms with E-state index >= 15 is 0 Å². The molecular formula is C10H8BrNO2. The SMILES string of the molecule is Cc1c(Br)cc2c(c1C#N)OCCO2. The molecule has 3 nitrogen and oxygen atoms in total. The second kappa shape index (κ2) is 3.50. The summed E-state index contributed by atoms with van der Waals surface area (Å²) >= 11 is 3.38. The molecule has 0 aliphatic carbocycles. The van der Waals surface area contributed by atoms with Gasteiger partial charge in [-0.1, -0.05) is 15.9 Å². The third kappa shape index (κ3) is 1.34. The van der Waals surface area contributed by atoms with Gasteiger partial charge in [0, 0.05) is 4.47 Å². The lowest BCUT2D eigenvalue weighted by molar-refractivity contribution is 0.171. The standard InChI is InChI=1S/C10H8BrNO2/c1-6-7(5-12)10-9(4-8(6)11)13-2-3-14-10/h4H,2-3H2,1H3. The highest BCUT2D eigenvalue weighted by Gasteiger charge is 2.19. The van der Waals surface area contributed by atoms with Crippen LogP contribution in [0.15, 0.2) is 10.5 Å². The van der Waals surface area contributed by atoms with E-state index in [9.17, 15) is 0 Å². The van der Waals surface area contributed by atoms with E-state index in [-0.39, 0.29) is 0 Å². The van der Waals surface area contributed by atoms with E-state index in [0.29, 0.717) is 30.3 Å². The van der Waals surface area contributed by atoms with Gasteiger partial charge in [0.1, 0.15) is 24.8 Å². The normalized spacial score (nSPS) is 13.5. The summed E-state index contributed by atoms with van der Waals surface area (Å²) < 4.78 is 11.7. The van der Waals surface area contributed by atoms with Crippen molar-refractivity contribution in [2.75, 3.05) is 13.2 Å². The van der Waals surface area contributed by atoms with Crippen molar-refractivity contribution in [3.05, 3.63) is 21.7 Å². The summed E-state index contributed by atoms with van der Waals surface area (Å²) in [5.74, 6) is 1.21. The van der Waals surface area contributed by atoms with E-state index in [1.165, 1.54) is 0 Å². The minimum atomic E-state index is 0.503. The van der Waals surface area contributed by atoms with Gasteiger partial charge in [-0.25, -0.2) is 0 Å². The van der Waals surface area contributed by atoms with Crippen LogP contribution in [0.1, 0.15) is 11.1 Å². The van der Waals surface area contributed by atoms with Gasteiger partial charge in [-0.05, 0) is 18.6 Å². The molecule has 0 bridgehead atoms. The van der Waals surface area contributed by atoms with Crippen molar-refractivity contribution in [1.82, 2.24) is 0 Å². The molecular weight excluding hydrogens is 246 g/mol. The third-order valence-electron chi connectivity index (χ3n) is 2.14. The number of hydrogen-bond donors (Lipinski definition) is 0. The number of ether oxygens (including phenoxy) is 2. The molecule has 0 atom stereocenters. The topological polar surface area (TPSA) is 42.2 Å². The number of rotatable bonds is 0. The zero-order valence-electron chi connectivity index (χ0n) is 7.63. The molecule has 0 unspecified atom stereocenters. The molecule has 2 rings (SSSR count). The van der Waals surface area contributed by atoms with E-state index in [1.54, 1.807) is 0 Å². The van der Waals surface area contributed by atoms with Crippen LogP contribution in [0.25, 0.3) is 0 Å². The van der Waals surface area contributed by atoms with Gasteiger partial charge >= 0.3 is 0 Å². The lowest BCUT2D eigenvalue weighted by Crippen LogP contribution is -2.16. The maximum atomic E-state index is 8.99. The number of hydrogen-bond acceptors (Lipinski definition) is 3. The highest BCUT2D eigenvalue weighted by molar-refractivity contribution is 9.10. The van der Waals surface area contributed by atoms with Gasteiger partial charge in [-0.3, -0.25) is 0 Å². The number of benzene rings is 1. The summed E-state index contributed by atoms with van der Waals surface area (Å²) in [7, 11) is 0. The van der Waals surface area contributed by atoms with Gasteiger partial charge in [0.15, 0.2) is 11.5 Å². The van der Waals surface area contributed by atoms with Gasteiger partial charge in [0.25, 0.3) is 0 Å². The first-order valence-corrected chi connectivity index (χ1v) is 5.02. The van der Waals surface area contributed by atoms with Gasteiger partial charge in [0.2, 0.25) is 0 Å². The Hall–Kier alpha value is -1.21. The Morgan fingerprint density at radius 1 is 1.43 bits per heavy atom. The quantitative estimate of drug-likeness (QED) is 0.713. The number of nitriles is 1. The Labute approximate surface area is 90.4 Å². The Morgan fingerprint density at radius 2 is 2.14 bits per heavy atom. The molecule has 1 aliphatic rings. The monoisotopic (exact) mass is 253 g/mol. The number of halogens is 1. The smallest absolute Gasteiger partial charge is 0.179 e. The summed E-state index contributed by atoms with van der Waals surface area (Å²) in [4.78, 5) is 0. The molecule has 1 aromatic carbocycles. The fourth-order valence-electron chi connectivity index (χ4n) is 1.38. The molecule has 1 aliphatic heterocycles. The predicted octanol–water partition coefficient (Wildman–Crippen LogP) is 2.40. The molecule has 0 spiro atoms. The molecule has 0 saturated heterocycles. The fourth-order valence-corrected chi connectivity index (χ4v) is 1.79. The van der Waals surface area contributed by atoms with E-state index in [4.69, 9.17) is 14.7 Å². The fraction of sp³-hybridized carbons (Fsp3) is 0.300. The molecule has 1 heterocycles. The van der Waals surface area contributed by atoms with Crippen molar-refractivity contribution in [3.8, 4) is 17.6 Å². The average molecular weight is 254 g/mol. The molecule has 1 aromatic rings. The van der Waals surface area contributed by atoms with Crippen molar-refractivity contribution >= 4 is 15.9 Å². The molecule has 72 valence electrons. The molecule has 0 saturated carbocycles. The van der Waals surface area contributed by atoms with Crippen LogP contribution >= 0.6 is 15.9 Å². The second-order valence-corrected chi connectivity index (χ2v) is 3.85. The van der Waals surface area contributed by atoms with Crippen LogP contribution in [0.3, 0.4) is 0 Å². The van der Waals surface area contributed by atoms with Crippen molar-refractivity contribution in [2.45, 2.75) is 6.92 Å². The van der Waals surface area contributed by atoms with Gasteiger partial charge in [0.05, 0.1) is 0 Å². The summed E-state index contributed by atoms with van der Waals surface area (Å²) in [6.07, 6.45) is 0. The van der Waals surface area contributed by atoms with Gasteiger partial charge in [-0.2, -0.15) is 5.26 Å². The Morgan fingerprint density at radius 3 is 2.86 bits per heavy atom. The van der Waals surface area contributed by atoms with Crippen LogP contribution < -0.4 is 9.47 Å². The molecule has 0 N–H and O–H groups in total. The highest BCUT2D eigenvalue weighted by Crippen LogP contribution is 2.39. The summed E-state index contributed by atoms with van der Waals surface area (Å²) in [6, 6.07) is 3.97. The summed E-state index contributed by atoms with van der Waals surface area (Å²) in [6.45, 7) is 2.91. The Bertz CT molecular complexity index is 423. The molecule has 4 heteroatoms. The van der Waals surface area contributed by atoms with E-state index < -0.39 is 0 Å². The minimum absolute atomic E-state index is 0.503. The molecule has 0 fully saturated rings. The van der Waals surface area contributed by atoms with Gasteiger partial charge in [-0.15, -0.1) is 0 Å². The molecule has 0 radical (unpaired) electrons. The van der Waals surface area contributed by atoms with Crippen LogP contribution in [0.4, 0.5) is 0 Å². The maximum absolute atomic E-state index is 8.99. The Kier molecular flexibility index (Phi) is 2.34. The van der Waals surface area contributed by atoms with E-state index in [0.717, 1.165) is 10.0 Å². The zero-order chi connectivity index (χ0) is 10.1. The van der Waals surface area contributed by atoms with Gasteiger partial charge < -0.3 is 9.47 Å². The molecule has 14 heavy (non-hydrogen) atoms. The Balaban J connectivity index is 2.67. The highest BCUT2D eigenvalue weighted by atomic mass is 79.9. The summed E-state index contributed by atoms with van der Waals surface area (Å²) in [5.41, 5.74) is 1.44.